The summed E-state index contributed by atoms with van der Waals surface area (Å²) in [6.07, 6.45) is 3.73. The number of amides is 1. The zero-order valence-electron chi connectivity index (χ0n) is 11.9. The van der Waals surface area contributed by atoms with Gasteiger partial charge < -0.3 is 11.1 Å². The first-order chi connectivity index (χ1) is 9.47. The normalized spacial score (nSPS) is 23.0. The Hall–Kier alpha value is -0.480. The first kappa shape index (κ1) is 18.6. The standard InChI is InChI=1S/C15H20Cl2N2O.ClH/c1-9(13-6-5-11(16)8-14(13)17)19-15(20)10-3-2-4-12(18)7-10;/h5-6,8-10,12H,2-4,7,18H2,1H3,(H,19,20);1H. The molecule has 0 spiro atoms. The fraction of sp³-hybridized carbons (Fsp3) is 0.533. The van der Waals surface area contributed by atoms with Crippen molar-refractivity contribution < 1.29 is 4.79 Å². The molecule has 1 aliphatic rings. The van der Waals surface area contributed by atoms with Crippen molar-refractivity contribution in [3.8, 4) is 0 Å². The van der Waals surface area contributed by atoms with E-state index in [2.05, 4.69) is 5.32 Å². The lowest BCUT2D eigenvalue weighted by Crippen LogP contribution is -2.38. The minimum Gasteiger partial charge on any atom is -0.349 e. The molecule has 0 bridgehead atoms. The fourth-order valence-corrected chi connectivity index (χ4v) is 3.30. The second kappa shape index (κ2) is 8.23. The zero-order valence-corrected chi connectivity index (χ0v) is 14.3. The first-order valence-corrected chi connectivity index (χ1v) is 7.74. The van der Waals surface area contributed by atoms with Gasteiger partial charge in [-0.15, -0.1) is 12.4 Å². The molecule has 0 saturated heterocycles. The van der Waals surface area contributed by atoms with Crippen LogP contribution in [0, 0.1) is 5.92 Å². The number of carbonyl (C=O) groups excluding carboxylic acids is 1. The topological polar surface area (TPSA) is 55.1 Å². The third-order valence-electron chi connectivity index (χ3n) is 3.87. The molecule has 1 saturated carbocycles. The van der Waals surface area contributed by atoms with E-state index in [1.165, 1.54) is 0 Å². The van der Waals surface area contributed by atoms with E-state index in [-0.39, 0.29) is 36.3 Å². The first-order valence-electron chi connectivity index (χ1n) is 6.98. The second-order valence-corrected chi connectivity index (χ2v) is 6.36. The highest BCUT2D eigenvalue weighted by molar-refractivity contribution is 6.35. The van der Waals surface area contributed by atoms with Gasteiger partial charge in [-0.1, -0.05) is 35.7 Å². The molecule has 6 heteroatoms. The van der Waals surface area contributed by atoms with Crippen LogP contribution in [0.15, 0.2) is 18.2 Å². The van der Waals surface area contributed by atoms with Crippen LogP contribution in [-0.4, -0.2) is 11.9 Å². The largest absolute Gasteiger partial charge is 0.349 e. The van der Waals surface area contributed by atoms with Crippen molar-refractivity contribution in [1.82, 2.24) is 5.32 Å². The van der Waals surface area contributed by atoms with Crippen LogP contribution >= 0.6 is 35.6 Å². The van der Waals surface area contributed by atoms with Gasteiger partial charge in [0.25, 0.3) is 0 Å². The Morgan fingerprint density at radius 2 is 2.10 bits per heavy atom. The molecular formula is C15H21Cl3N2O. The highest BCUT2D eigenvalue weighted by Crippen LogP contribution is 2.28. The number of nitrogens with two attached hydrogens (primary N) is 1. The van der Waals surface area contributed by atoms with Crippen LogP contribution in [0.3, 0.4) is 0 Å². The van der Waals surface area contributed by atoms with Gasteiger partial charge in [-0.3, -0.25) is 4.79 Å². The van der Waals surface area contributed by atoms with Gasteiger partial charge in [0.2, 0.25) is 5.91 Å². The number of hydrogen-bond acceptors (Lipinski definition) is 2. The summed E-state index contributed by atoms with van der Waals surface area (Å²) < 4.78 is 0. The van der Waals surface area contributed by atoms with Crippen LogP contribution in [0.2, 0.25) is 10.0 Å². The molecule has 1 fully saturated rings. The summed E-state index contributed by atoms with van der Waals surface area (Å²) in [6, 6.07) is 5.33. The van der Waals surface area contributed by atoms with Crippen molar-refractivity contribution in [1.29, 1.82) is 0 Å². The maximum atomic E-state index is 12.3. The molecule has 1 aromatic rings. The molecule has 3 atom stereocenters. The average molecular weight is 352 g/mol. The lowest BCUT2D eigenvalue weighted by Gasteiger charge is -2.27. The number of carbonyl (C=O) groups is 1. The predicted molar refractivity (Wildman–Crippen MR) is 90.2 cm³/mol. The van der Waals surface area contributed by atoms with Crippen LogP contribution in [0.1, 0.15) is 44.2 Å². The molecule has 3 nitrogen and oxygen atoms in total. The Kier molecular flexibility index (Phi) is 7.28. The van der Waals surface area contributed by atoms with E-state index in [0.29, 0.717) is 10.0 Å². The molecule has 1 aromatic carbocycles. The maximum Gasteiger partial charge on any atom is 0.223 e. The van der Waals surface area contributed by atoms with E-state index in [1.54, 1.807) is 12.1 Å². The monoisotopic (exact) mass is 350 g/mol. The molecule has 0 aliphatic heterocycles. The zero-order chi connectivity index (χ0) is 14.7. The third-order valence-corrected chi connectivity index (χ3v) is 4.44. The second-order valence-electron chi connectivity index (χ2n) is 5.52. The molecule has 0 aromatic heterocycles. The molecule has 1 amide bonds. The van der Waals surface area contributed by atoms with Gasteiger partial charge in [0.05, 0.1) is 6.04 Å². The fourth-order valence-electron chi connectivity index (χ4n) is 2.73. The molecule has 1 aliphatic carbocycles. The van der Waals surface area contributed by atoms with E-state index in [1.807, 2.05) is 13.0 Å². The number of hydrogen-bond donors (Lipinski definition) is 2. The van der Waals surface area contributed by atoms with Crippen LogP contribution in [-0.2, 0) is 4.79 Å². The minimum atomic E-state index is -0.134. The summed E-state index contributed by atoms with van der Waals surface area (Å²) in [5, 5.41) is 4.19. The SMILES string of the molecule is CC(NC(=O)C1CCCC(N)C1)c1ccc(Cl)cc1Cl.Cl. The lowest BCUT2D eigenvalue weighted by molar-refractivity contribution is -0.126. The van der Waals surface area contributed by atoms with Gasteiger partial charge in [0.1, 0.15) is 0 Å². The van der Waals surface area contributed by atoms with E-state index < -0.39 is 0 Å². The van der Waals surface area contributed by atoms with Crippen LogP contribution in [0.5, 0.6) is 0 Å². The van der Waals surface area contributed by atoms with Gasteiger partial charge in [-0.25, -0.2) is 0 Å². The molecule has 0 heterocycles. The van der Waals surface area contributed by atoms with Crippen LogP contribution in [0.25, 0.3) is 0 Å². The summed E-state index contributed by atoms with van der Waals surface area (Å²) in [6.45, 7) is 1.93. The van der Waals surface area contributed by atoms with E-state index in [0.717, 1.165) is 31.2 Å². The molecule has 2 rings (SSSR count). The minimum absolute atomic E-state index is 0. The van der Waals surface area contributed by atoms with E-state index >= 15 is 0 Å². The maximum absolute atomic E-state index is 12.3. The van der Waals surface area contributed by atoms with Gasteiger partial charge in [0.15, 0.2) is 0 Å². The van der Waals surface area contributed by atoms with Gasteiger partial charge in [0, 0.05) is 22.0 Å². The van der Waals surface area contributed by atoms with Crippen molar-refractivity contribution in [2.75, 3.05) is 0 Å². The van der Waals surface area contributed by atoms with E-state index in [4.69, 9.17) is 28.9 Å². The Bertz CT molecular complexity index is 496. The lowest BCUT2D eigenvalue weighted by atomic mass is 9.85. The van der Waals surface area contributed by atoms with Gasteiger partial charge in [-0.2, -0.15) is 0 Å². The van der Waals surface area contributed by atoms with Gasteiger partial charge in [-0.05, 0) is 43.9 Å². The summed E-state index contributed by atoms with van der Waals surface area (Å²) in [5.41, 5.74) is 6.81. The van der Waals surface area contributed by atoms with Gasteiger partial charge >= 0.3 is 0 Å². The summed E-state index contributed by atoms with van der Waals surface area (Å²) in [4.78, 5) is 12.3. The average Bonchev–Trinajstić information content (AvgIpc) is 2.38. The number of benzene rings is 1. The van der Waals surface area contributed by atoms with Crippen molar-refractivity contribution in [2.45, 2.75) is 44.7 Å². The Morgan fingerprint density at radius 3 is 2.71 bits per heavy atom. The van der Waals surface area contributed by atoms with Crippen molar-refractivity contribution in [3.05, 3.63) is 33.8 Å². The molecule has 3 unspecified atom stereocenters. The molecular weight excluding hydrogens is 331 g/mol. The Labute approximate surface area is 142 Å². The predicted octanol–water partition coefficient (Wildman–Crippen LogP) is 4.11. The highest BCUT2D eigenvalue weighted by Gasteiger charge is 2.26. The van der Waals surface area contributed by atoms with E-state index in [9.17, 15) is 4.79 Å². The highest BCUT2D eigenvalue weighted by atomic mass is 35.5. The number of halogens is 3. The molecule has 21 heavy (non-hydrogen) atoms. The van der Waals surface area contributed by atoms with Crippen molar-refractivity contribution in [2.24, 2.45) is 11.7 Å². The Morgan fingerprint density at radius 1 is 1.38 bits per heavy atom. The molecule has 0 radical (unpaired) electrons. The van der Waals surface area contributed by atoms with Crippen LogP contribution < -0.4 is 11.1 Å². The molecule has 3 N–H and O–H groups in total. The van der Waals surface area contributed by atoms with Crippen molar-refractivity contribution in [3.63, 3.8) is 0 Å². The van der Waals surface area contributed by atoms with Crippen LogP contribution in [0.4, 0.5) is 0 Å². The third kappa shape index (κ3) is 5.03. The Balaban J connectivity index is 0.00000220. The number of rotatable bonds is 3. The summed E-state index contributed by atoms with van der Waals surface area (Å²) >= 11 is 12.0. The summed E-state index contributed by atoms with van der Waals surface area (Å²) in [5.74, 6) is 0.0888. The van der Waals surface area contributed by atoms with Crippen molar-refractivity contribution >= 4 is 41.5 Å². The quantitative estimate of drug-likeness (QED) is 0.861. The molecule has 118 valence electrons. The summed E-state index contributed by atoms with van der Waals surface area (Å²) in [7, 11) is 0. The smallest absolute Gasteiger partial charge is 0.223 e. The number of nitrogens with one attached hydrogen (secondary N) is 1.